The maximum Gasteiger partial charge on any atom is 0.305 e. The highest BCUT2D eigenvalue weighted by atomic mass is 32.1. The third kappa shape index (κ3) is 2.55. The molecule has 1 unspecified atom stereocenters. The summed E-state index contributed by atoms with van der Waals surface area (Å²) in [4.78, 5) is 14.2. The summed E-state index contributed by atoms with van der Waals surface area (Å²) >= 11 is 1.24. The highest BCUT2D eigenvalue weighted by Gasteiger charge is 2.14. The standard InChI is InChI=1S/C16H15N5OS.H2/c1-10(11-4-5-13-14(9-11)23-16(22)18-13)12-6-8-21(20-12)15-3-2-7-17-19-15;/h2-10,17,19H,1H3,(H,18,22);1H. The zero-order chi connectivity index (χ0) is 15.8. The fraction of sp³-hybridized carbons (Fsp3) is 0.125. The molecule has 1 aliphatic heterocycles. The highest BCUT2D eigenvalue weighted by Crippen LogP contribution is 2.26. The van der Waals surface area contributed by atoms with Crippen LogP contribution in [0.4, 0.5) is 0 Å². The molecule has 0 fully saturated rings. The minimum Gasteiger partial charge on any atom is -0.312 e. The number of benzene rings is 1. The molecule has 0 saturated heterocycles. The van der Waals surface area contributed by atoms with Gasteiger partial charge in [0.2, 0.25) is 0 Å². The average Bonchev–Trinajstić information content (AvgIpc) is 3.20. The van der Waals surface area contributed by atoms with E-state index in [1.807, 2.05) is 42.7 Å². The summed E-state index contributed by atoms with van der Waals surface area (Å²) in [5, 5.41) is 4.64. The van der Waals surface area contributed by atoms with E-state index in [2.05, 4.69) is 33.9 Å². The van der Waals surface area contributed by atoms with E-state index in [0.29, 0.717) is 0 Å². The molecule has 23 heavy (non-hydrogen) atoms. The Morgan fingerprint density at radius 3 is 3.09 bits per heavy atom. The minimum atomic E-state index is -0.0232. The lowest BCUT2D eigenvalue weighted by molar-refractivity contribution is 0.698. The van der Waals surface area contributed by atoms with Gasteiger partial charge < -0.3 is 10.4 Å². The average molecular weight is 327 g/mol. The second kappa shape index (κ2) is 5.44. The van der Waals surface area contributed by atoms with Crippen LogP contribution in [0.3, 0.4) is 0 Å². The summed E-state index contributed by atoms with van der Waals surface area (Å²) in [7, 11) is 0. The Hall–Kier alpha value is -2.80. The summed E-state index contributed by atoms with van der Waals surface area (Å²) in [6, 6.07) is 8.06. The van der Waals surface area contributed by atoms with Crippen LogP contribution in [0.25, 0.3) is 16.0 Å². The minimum absolute atomic E-state index is 0. The van der Waals surface area contributed by atoms with Crippen molar-refractivity contribution in [2.75, 3.05) is 0 Å². The van der Waals surface area contributed by atoms with Gasteiger partial charge in [0.25, 0.3) is 0 Å². The van der Waals surface area contributed by atoms with E-state index in [-0.39, 0.29) is 12.2 Å². The molecule has 0 saturated carbocycles. The zero-order valence-corrected chi connectivity index (χ0v) is 13.2. The van der Waals surface area contributed by atoms with Crippen molar-refractivity contribution in [1.29, 1.82) is 0 Å². The summed E-state index contributed by atoms with van der Waals surface area (Å²) in [6.07, 6.45) is 7.60. The molecule has 0 radical (unpaired) electrons. The second-order valence-corrected chi connectivity index (χ2v) is 6.37. The van der Waals surface area contributed by atoms with Gasteiger partial charge in [-0.05, 0) is 35.9 Å². The molecule has 1 aliphatic rings. The third-order valence-electron chi connectivity index (χ3n) is 3.88. The quantitative estimate of drug-likeness (QED) is 0.691. The Morgan fingerprint density at radius 1 is 1.35 bits per heavy atom. The van der Waals surface area contributed by atoms with Crippen LogP contribution < -0.4 is 15.7 Å². The van der Waals surface area contributed by atoms with Gasteiger partial charge in [0, 0.05) is 19.7 Å². The Kier molecular flexibility index (Phi) is 3.27. The van der Waals surface area contributed by atoms with Crippen LogP contribution in [0.5, 0.6) is 0 Å². The number of allylic oxidation sites excluding steroid dienone is 2. The van der Waals surface area contributed by atoms with Crippen LogP contribution in [0.1, 0.15) is 25.5 Å². The van der Waals surface area contributed by atoms with Crippen LogP contribution in [-0.4, -0.2) is 14.8 Å². The monoisotopic (exact) mass is 327 g/mol. The van der Waals surface area contributed by atoms with Crippen molar-refractivity contribution in [2.45, 2.75) is 12.8 Å². The van der Waals surface area contributed by atoms with Crippen LogP contribution >= 0.6 is 11.3 Å². The van der Waals surface area contributed by atoms with Gasteiger partial charge in [0.15, 0.2) is 0 Å². The molecule has 7 heteroatoms. The van der Waals surface area contributed by atoms with Gasteiger partial charge in [-0.25, -0.2) is 4.68 Å². The van der Waals surface area contributed by atoms with Gasteiger partial charge in [0.1, 0.15) is 5.82 Å². The molecule has 1 atom stereocenters. The predicted octanol–water partition coefficient (Wildman–Crippen LogP) is 2.60. The smallest absolute Gasteiger partial charge is 0.305 e. The van der Waals surface area contributed by atoms with Gasteiger partial charge in [-0.15, -0.1) is 0 Å². The fourth-order valence-electron chi connectivity index (χ4n) is 2.58. The first-order valence-electron chi connectivity index (χ1n) is 7.28. The van der Waals surface area contributed by atoms with E-state index < -0.39 is 0 Å². The Labute approximate surface area is 137 Å². The first-order chi connectivity index (χ1) is 11.2. The molecule has 0 bridgehead atoms. The topological polar surface area (TPSA) is 74.7 Å². The molecule has 4 rings (SSSR count). The van der Waals surface area contributed by atoms with Gasteiger partial charge in [-0.3, -0.25) is 10.2 Å². The van der Waals surface area contributed by atoms with Gasteiger partial charge in [-0.1, -0.05) is 24.3 Å². The van der Waals surface area contributed by atoms with E-state index in [1.54, 1.807) is 4.68 Å². The van der Waals surface area contributed by atoms with Crippen LogP contribution in [0.15, 0.2) is 53.6 Å². The van der Waals surface area contributed by atoms with Crippen molar-refractivity contribution < 1.29 is 1.43 Å². The van der Waals surface area contributed by atoms with Crippen molar-refractivity contribution in [2.24, 2.45) is 0 Å². The number of fused-ring (bicyclic) bond motifs is 1. The van der Waals surface area contributed by atoms with Crippen molar-refractivity contribution in [3.8, 4) is 0 Å². The molecule has 2 aromatic heterocycles. The van der Waals surface area contributed by atoms with Crippen molar-refractivity contribution in [3.63, 3.8) is 0 Å². The highest BCUT2D eigenvalue weighted by molar-refractivity contribution is 7.16. The Balaban J connectivity index is 0.00000169. The first-order valence-corrected chi connectivity index (χ1v) is 8.09. The second-order valence-electron chi connectivity index (χ2n) is 5.36. The summed E-state index contributed by atoms with van der Waals surface area (Å²) in [5.74, 6) is 1.01. The van der Waals surface area contributed by atoms with Gasteiger partial charge in [0.05, 0.1) is 15.9 Å². The molecule has 0 spiro atoms. The van der Waals surface area contributed by atoms with Crippen LogP contribution in [0.2, 0.25) is 0 Å². The Morgan fingerprint density at radius 2 is 2.26 bits per heavy atom. The molecular formula is C16H17N5OS. The van der Waals surface area contributed by atoms with E-state index in [1.165, 1.54) is 11.3 Å². The maximum absolute atomic E-state index is 11.4. The third-order valence-corrected chi connectivity index (χ3v) is 4.72. The molecular weight excluding hydrogens is 310 g/mol. The van der Waals surface area contributed by atoms with E-state index >= 15 is 0 Å². The summed E-state index contributed by atoms with van der Waals surface area (Å²) < 4.78 is 2.78. The van der Waals surface area contributed by atoms with E-state index in [9.17, 15) is 4.79 Å². The van der Waals surface area contributed by atoms with Crippen molar-refractivity contribution in [3.05, 3.63) is 69.7 Å². The fourth-order valence-corrected chi connectivity index (χ4v) is 3.37. The summed E-state index contributed by atoms with van der Waals surface area (Å²) in [5.41, 5.74) is 8.98. The number of nitrogens with one attached hydrogen (secondary N) is 3. The van der Waals surface area contributed by atoms with Gasteiger partial charge in [-0.2, -0.15) is 5.10 Å². The van der Waals surface area contributed by atoms with Gasteiger partial charge >= 0.3 is 4.87 Å². The first kappa shape index (κ1) is 13.8. The lowest BCUT2D eigenvalue weighted by atomic mass is 9.98. The number of hydrazine groups is 1. The number of hydrogen-bond donors (Lipinski definition) is 3. The largest absolute Gasteiger partial charge is 0.312 e. The number of aromatic amines is 1. The molecule has 118 valence electrons. The molecule has 3 aromatic rings. The van der Waals surface area contributed by atoms with E-state index in [0.717, 1.165) is 27.3 Å². The maximum atomic E-state index is 11.4. The number of H-pyrrole nitrogens is 1. The van der Waals surface area contributed by atoms with Crippen LogP contribution in [-0.2, 0) is 0 Å². The molecule has 3 heterocycles. The van der Waals surface area contributed by atoms with Crippen LogP contribution in [0, 0.1) is 0 Å². The SMILES string of the molecule is CC(c1ccc2[nH]c(=O)sc2c1)c1ccn(C2=CC=CNN2)n1.[HH]. The number of nitrogens with zero attached hydrogens (tertiary/aromatic N) is 2. The van der Waals surface area contributed by atoms with Crippen molar-refractivity contribution in [1.82, 2.24) is 25.6 Å². The predicted molar refractivity (Wildman–Crippen MR) is 94.0 cm³/mol. The zero-order valence-electron chi connectivity index (χ0n) is 12.4. The lowest BCUT2D eigenvalue weighted by Gasteiger charge is -2.13. The van der Waals surface area contributed by atoms with E-state index in [4.69, 9.17) is 0 Å². The number of thiazole rings is 1. The lowest BCUT2D eigenvalue weighted by Crippen LogP contribution is -2.30. The molecule has 6 nitrogen and oxygen atoms in total. The summed E-state index contributed by atoms with van der Waals surface area (Å²) in [6.45, 7) is 2.12. The Bertz CT molecular complexity index is 984. The molecule has 0 aliphatic carbocycles. The van der Waals surface area contributed by atoms with Crippen molar-refractivity contribution >= 4 is 27.4 Å². The number of aromatic nitrogens is 3. The number of hydrogen-bond acceptors (Lipinski definition) is 5. The normalized spacial score (nSPS) is 15.1. The molecule has 3 N–H and O–H groups in total. The number of rotatable bonds is 3. The molecule has 1 aromatic carbocycles. The molecule has 0 amide bonds.